The highest BCUT2D eigenvalue weighted by atomic mass is 16.3. The van der Waals surface area contributed by atoms with Gasteiger partial charge in [0.05, 0.1) is 23.0 Å². The molecule has 2 aromatic heterocycles. The SMILES string of the molecule is c1ccc(N(c2ccc(-c3ccc4c(c3)C(c3ccccc3)(c3ccccc3)c3ccc5ccccc5c3-4)nc2)c2ccc3c(c2)oc2ccccc23)cc1. The molecule has 0 saturated carbocycles. The average Bonchev–Trinajstić information content (AvgIpc) is 3.78. The first-order valence-electron chi connectivity index (χ1n) is 18.8. The fraction of sp³-hybridized carbons (Fsp3) is 0.0192. The van der Waals surface area contributed by atoms with Crippen LogP contribution >= 0.6 is 0 Å². The molecular weight excluding hydrogens is 669 g/mol. The second-order valence-corrected chi connectivity index (χ2v) is 14.3. The van der Waals surface area contributed by atoms with Crippen LogP contribution in [0.5, 0.6) is 0 Å². The number of nitrogens with zero attached hydrogens (tertiary/aromatic N) is 2. The van der Waals surface area contributed by atoms with E-state index in [0.717, 1.165) is 50.3 Å². The molecule has 0 saturated heterocycles. The van der Waals surface area contributed by atoms with E-state index in [4.69, 9.17) is 9.40 Å². The molecule has 258 valence electrons. The summed E-state index contributed by atoms with van der Waals surface area (Å²) in [6.45, 7) is 0. The van der Waals surface area contributed by atoms with Crippen LogP contribution in [0.15, 0.2) is 211 Å². The van der Waals surface area contributed by atoms with Gasteiger partial charge in [0.25, 0.3) is 0 Å². The molecule has 0 radical (unpaired) electrons. The lowest BCUT2D eigenvalue weighted by atomic mass is 9.67. The van der Waals surface area contributed by atoms with Crippen molar-refractivity contribution in [2.24, 2.45) is 0 Å². The Hall–Kier alpha value is -7.23. The quantitative estimate of drug-likeness (QED) is 0.173. The monoisotopic (exact) mass is 702 g/mol. The van der Waals surface area contributed by atoms with Crippen molar-refractivity contribution in [3.63, 3.8) is 0 Å². The van der Waals surface area contributed by atoms with E-state index in [1.165, 1.54) is 44.2 Å². The topological polar surface area (TPSA) is 29.3 Å². The molecule has 55 heavy (non-hydrogen) atoms. The maximum atomic E-state index is 6.31. The summed E-state index contributed by atoms with van der Waals surface area (Å²) >= 11 is 0. The van der Waals surface area contributed by atoms with Gasteiger partial charge in [0, 0.05) is 33.8 Å². The van der Waals surface area contributed by atoms with Gasteiger partial charge in [-0.15, -0.1) is 0 Å². The van der Waals surface area contributed by atoms with Gasteiger partial charge in [-0.05, 0) is 92.7 Å². The number of rotatable bonds is 6. The van der Waals surface area contributed by atoms with E-state index in [2.05, 4.69) is 187 Å². The Labute approximate surface area is 319 Å². The molecule has 1 aliphatic rings. The van der Waals surface area contributed by atoms with Crippen molar-refractivity contribution in [2.45, 2.75) is 5.41 Å². The molecule has 0 amide bonds. The predicted molar refractivity (Wildman–Crippen MR) is 226 cm³/mol. The zero-order valence-corrected chi connectivity index (χ0v) is 29.9. The number of hydrogen-bond acceptors (Lipinski definition) is 3. The van der Waals surface area contributed by atoms with E-state index < -0.39 is 5.41 Å². The number of aromatic nitrogens is 1. The summed E-state index contributed by atoms with van der Waals surface area (Å²) in [4.78, 5) is 7.41. The van der Waals surface area contributed by atoms with Gasteiger partial charge >= 0.3 is 0 Å². The summed E-state index contributed by atoms with van der Waals surface area (Å²) in [7, 11) is 0. The van der Waals surface area contributed by atoms with Crippen LogP contribution in [0.25, 0.3) is 55.1 Å². The lowest BCUT2D eigenvalue weighted by Crippen LogP contribution is -2.28. The zero-order valence-electron chi connectivity index (χ0n) is 29.9. The molecule has 1 aliphatic carbocycles. The molecule has 10 aromatic rings. The Morgan fingerprint density at radius 3 is 1.84 bits per heavy atom. The smallest absolute Gasteiger partial charge is 0.137 e. The van der Waals surface area contributed by atoms with Crippen LogP contribution < -0.4 is 4.90 Å². The summed E-state index contributed by atoms with van der Waals surface area (Å²) < 4.78 is 6.31. The molecule has 0 fully saturated rings. The third-order valence-corrected chi connectivity index (χ3v) is 11.4. The number of furan rings is 1. The maximum Gasteiger partial charge on any atom is 0.137 e. The molecule has 3 heteroatoms. The summed E-state index contributed by atoms with van der Waals surface area (Å²) in [6, 6.07) is 71.7. The minimum atomic E-state index is -0.507. The van der Waals surface area contributed by atoms with Gasteiger partial charge in [0.1, 0.15) is 11.2 Å². The normalized spacial score (nSPS) is 12.9. The number of pyridine rings is 1. The molecule has 0 aliphatic heterocycles. The average molecular weight is 703 g/mol. The summed E-state index contributed by atoms with van der Waals surface area (Å²) in [5, 5.41) is 4.74. The zero-order chi connectivity index (χ0) is 36.3. The highest BCUT2D eigenvalue weighted by molar-refractivity contribution is 6.06. The van der Waals surface area contributed by atoms with E-state index >= 15 is 0 Å². The molecule has 2 heterocycles. The molecule has 3 nitrogen and oxygen atoms in total. The Kier molecular flexibility index (Phi) is 7.08. The van der Waals surface area contributed by atoms with Gasteiger partial charge < -0.3 is 9.32 Å². The van der Waals surface area contributed by atoms with Gasteiger partial charge in [-0.25, -0.2) is 0 Å². The van der Waals surface area contributed by atoms with Crippen molar-refractivity contribution < 1.29 is 4.42 Å². The second kappa shape index (κ2) is 12.4. The molecule has 0 atom stereocenters. The molecule has 8 aromatic carbocycles. The van der Waals surface area contributed by atoms with E-state index in [1.807, 2.05) is 24.4 Å². The maximum absolute atomic E-state index is 6.31. The molecule has 0 N–H and O–H groups in total. The van der Waals surface area contributed by atoms with Crippen LogP contribution in [0.4, 0.5) is 17.1 Å². The number of benzene rings is 8. The third kappa shape index (κ3) is 4.80. The molecule has 0 bridgehead atoms. The van der Waals surface area contributed by atoms with E-state index in [-0.39, 0.29) is 0 Å². The van der Waals surface area contributed by atoms with Crippen LogP contribution in [-0.4, -0.2) is 4.98 Å². The number of fused-ring (bicyclic) bond motifs is 8. The van der Waals surface area contributed by atoms with Crippen molar-refractivity contribution in [3.8, 4) is 22.4 Å². The van der Waals surface area contributed by atoms with Crippen molar-refractivity contribution in [1.82, 2.24) is 4.98 Å². The summed E-state index contributed by atoms with van der Waals surface area (Å²) in [5.41, 5.74) is 13.9. The highest BCUT2D eigenvalue weighted by Crippen LogP contribution is 2.58. The van der Waals surface area contributed by atoms with Gasteiger partial charge in [0.15, 0.2) is 0 Å². The van der Waals surface area contributed by atoms with Crippen LogP contribution in [0.1, 0.15) is 22.3 Å². The fourth-order valence-electron chi connectivity index (χ4n) is 8.98. The summed E-state index contributed by atoms with van der Waals surface area (Å²) in [5.74, 6) is 0. The Morgan fingerprint density at radius 1 is 0.436 bits per heavy atom. The molecular formula is C52H34N2O. The Bertz CT molecular complexity index is 2980. The third-order valence-electron chi connectivity index (χ3n) is 11.4. The molecule has 11 rings (SSSR count). The van der Waals surface area contributed by atoms with Gasteiger partial charge in [-0.1, -0.05) is 146 Å². The van der Waals surface area contributed by atoms with Crippen molar-refractivity contribution >= 4 is 49.8 Å². The lowest BCUT2D eigenvalue weighted by Gasteiger charge is -2.34. The standard InChI is InChI=1S/C52H34N2O/c1-4-15-37(16-5-1)52(38-17-6-2-7-18-38)46-30-25-35-14-10-11-21-42(35)51(46)45-28-24-36(32-47(45)52)48-31-27-41(34-53-48)54(39-19-8-3-9-20-39)40-26-29-44-43-22-12-13-23-49(43)55-50(44)33-40/h1-34H. The minimum absolute atomic E-state index is 0.507. The van der Waals surface area contributed by atoms with Gasteiger partial charge in [-0.3, -0.25) is 4.98 Å². The van der Waals surface area contributed by atoms with E-state index in [9.17, 15) is 0 Å². The minimum Gasteiger partial charge on any atom is -0.456 e. The molecule has 0 spiro atoms. The first-order valence-corrected chi connectivity index (χ1v) is 18.8. The predicted octanol–water partition coefficient (Wildman–Crippen LogP) is 13.6. The van der Waals surface area contributed by atoms with Crippen molar-refractivity contribution in [1.29, 1.82) is 0 Å². The van der Waals surface area contributed by atoms with E-state index in [1.54, 1.807) is 0 Å². The Morgan fingerprint density at radius 2 is 1.09 bits per heavy atom. The second-order valence-electron chi connectivity index (χ2n) is 14.3. The lowest BCUT2D eigenvalue weighted by molar-refractivity contribution is 0.669. The van der Waals surface area contributed by atoms with Crippen molar-refractivity contribution in [2.75, 3.05) is 4.90 Å². The fourth-order valence-corrected chi connectivity index (χ4v) is 8.98. The van der Waals surface area contributed by atoms with Crippen molar-refractivity contribution in [3.05, 3.63) is 229 Å². The van der Waals surface area contributed by atoms with Crippen LogP contribution in [0, 0.1) is 0 Å². The largest absolute Gasteiger partial charge is 0.456 e. The number of hydrogen-bond donors (Lipinski definition) is 0. The van der Waals surface area contributed by atoms with Gasteiger partial charge in [0.2, 0.25) is 0 Å². The number of anilines is 3. The van der Waals surface area contributed by atoms with Gasteiger partial charge in [-0.2, -0.15) is 0 Å². The van der Waals surface area contributed by atoms with Crippen LogP contribution in [0.2, 0.25) is 0 Å². The first-order chi connectivity index (χ1) is 27.3. The van der Waals surface area contributed by atoms with Crippen LogP contribution in [-0.2, 0) is 5.41 Å². The Balaban J connectivity index is 1.07. The molecule has 0 unspecified atom stereocenters. The van der Waals surface area contributed by atoms with Crippen LogP contribution in [0.3, 0.4) is 0 Å². The van der Waals surface area contributed by atoms with E-state index in [0.29, 0.717) is 0 Å². The number of para-hydroxylation sites is 2. The first kappa shape index (κ1) is 31.3. The summed E-state index contributed by atoms with van der Waals surface area (Å²) in [6.07, 6.45) is 1.99. The highest BCUT2D eigenvalue weighted by Gasteiger charge is 2.46.